The molecule has 2 aromatic rings. The largest absolute Gasteiger partial charge is 0.378 e. The molecule has 98 valence electrons. The topological polar surface area (TPSA) is 55.2 Å². The number of anilines is 1. The third-order valence-corrected chi connectivity index (χ3v) is 2.97. The van der Waals surface area contributed by atoms with Gasteiger partial charge in [-0.3, -0.25) is 10.1 Å². The molecule has 0 aromatic heterocycles. The van der Waals surface area contributed by atoms with Crippen molar-refractivity contribution in [3.05, 3.63) is 69.0 Å². The first-order valence-corrected chi connectivity index (χ1v) is 5.87. The van der Waals surface area contributed by atoms with Crippen LogP contribution >= 0.6 is 11.6 Å². The van der Waals surface area contributed by atoms with Gasteiger partial charge in [-0.2, -0.15) is 0 Å². The molecule has 6 heteroatoms. The van der Waals surface area contributed by atoms with Crippen LogP contribution in [0.1, 0.15) is 5.56 Å². The maximum Gasteiger partial charge on any atom is 0.275 e. The summed E-state index contributed by atoms with van der Waals surface area (Å²) in [6.07, 6.45) is 0. The summed E-state index contributed by atoms with van der Waals surface area (Å²) in [5.41, 5.74) is 0.519. The standard InChI is InChI=1S/C13H10ClFN2O2/c14-10-4-3-7-13(17(18)19)9(10)8-16-12-6-2-1-5-11(12)15/h1-7,16H,8H2. The second kappa shape index (κ2) is 5.67. The molecule has 0 unspecified atom stereocenters. The highest BCUT2D eigenvalue weighted by Gasteiger charge is 2.16. The third kappa shape index (κ3) is 3.00. The van der Waals surface area contributed by atoms with Crippen molar-refractivity contribution in [1.29, 1.82) is 0 Å². The van der Waals surface area contributed by atoms with Gasteiger partial charge >= 0.3 is 0 Å². The van der Waals surface area contributed by atoms with Gasteiger partial charge in [0.05, 0.1) is 21.2 Å². The molecule has 2 rings (SSSR count). The predicted octanol–water partition coefficient (Wildman–Crippen LogP) is 4.00. The fourth-order valence-corrected chi connectivity index (χ4v) is 1.92. The van der Waals surface area contributed by atoms with Crippen LogP contribution in [0.5, 0.6) is 0 Å². The van der Waals surface area contributed by atoms with E-state index in [9.17, 15) is 14.5 Å². The molecule has 0 saturated carbocycles. The van der Waals surface area contributed by atoms with Gasteiger partial charge in [0, 0.05) is 12.6 Å². The number of hydrogen-bond donors (Lipinski definition) is 1. The van der Waals surface area contributed by atoms with Crippen LogP contribution in [0.25, 0.3) is 0 Å². The van der Waals surface area contributed by atoms with E-state index in [-0.39, 0.29) is 22.9 Å². The van der Waals surface area contributed by atoms with Crippen LogP contribution in [0, 0.1) is 15.9 Å². The van der Waals surface area contributed by atoms with Crippen molar-refractivity contribution < 1.29 is 9.31 Å². The molecule has 0 aliphatic rings. The molecule has 0 aliphatic carbocycles. The lowest BCUT2D eigenvalue weighted by Gasteiger charge is -2.09. The summed E-state index contributed by atoms with van der Waals surface area (Å²) >= 11 is 5.94. The number of halogens is 2. The van der Waals surface area contributed by atoms with Crippen molar-refractivity contribution in [2.75, 3.05) is 5.32 Å². The summed E-state index contributed by atoms with van der Waals surface area (Å²) in [7, 11) is 0. The smallest absolute Gasteiger partial charge is 0.275 e. The van der Waals surface area contributed by atoms with Gasteiger partial charge in [0.25, 0.3) is 5.69 Å². The van der Waals surface area contributed by atoms with Crippen LogP contribution in [0.2, 0.25) is 5.02 Å². The molecule has 1 N–H and O–H groups in total. The summed E-state index contributed by atoms with van der Waals surface area (Å²) in [6, 6.07) is 10.5. The van der Waals surface area contributed by atoms with E-state index in [2.05, 4.69) is 5.32 Å². The minimum Gasteiger partial charge on any atom is -0.378 e. The van der Waals surface area contributed by atoms with E-state index >= 15 is 0 Å². The first kappa shape index (κ1) is 13.3. The minimum absolute atomic E-state index is 0.0803. The van der Waals surface area contributed by atoms with Gasteiger partial charge in [-0.15, -0.1) is 0 Å². The van der Waals surface area contributed by atoms with Gasteiger partial charge in [0.2, 0.25) is 0 Å². The molecule has 4 nitrogen and oxygen atoms in total. The number of benzene rings is 2. The number of nitro benzene ring substituents is 1. The van der Waals surface area contributed by atoms with Crippen LogP contribution in [-0.4, -0.2) is 4.92 Å². The minimum atomic E-state index is -0.510. The fourth-order valence-electron chi connectivity index (χ4n) is 1.68. The highest BCUT2D eigenvalue weighted by Crippen LogP contribution is 2.27. The summed E-state index contributed by atoms with van der Waals surface area (Å²) < 4.78 is 13.4. The van der Waals surface area contributed by atoms with E-state index in [0.29, 0.717) is 5.56 Å². The van der Waals surface area contributed by atoms with Crippen molar-refractivity contribution in [2.24, 2.45) is 0 Å². The number of nitrogens with one attached hydrogen (secondary N) is 1. The zero-order valence-corrected chi connectivity index (χ0v) is 10.5. The summed E-state index contributed by atoms with van der Waals surface area (Å²) in [4.78, 5) is 10.4. The van der Waals surface area contributed by atoms with Crippen LogP contribution in [0.4, 0.5) is 15.8 Å². The van der Waals surface area contributed by atoms with Gasteiger partial charge in [-0.05, 0) is 18.2 Å². The van der Waals surface area contributed by atoms with Crippen LogP contribution < -0.4 is 5.32 Å². The summed E-state index contributed by atoms with van der Waals surface area (Å²) in [5, 5.41) is 14.0. The number of para-hydroxylation sites is 1. The zero-order valence-electron chi connectivity index (χ0n) is 9.77. The molecule has 19 heavy (non-hydrogen) atoms. The normalized spacial score (nSPS) is 10.2. The average molecular weight is 281 g/mol. The molecular formula is C13H10ClFN2O2. The van der Waals surface area contributed by atoms with E-state index in [4.69, 9.17) is 11.6 Å². The van der Waals surface area contributed by atoms with Gasteiger partial charge in [-0.25, -0.2) is 4.39 Å². The zero-order chi connectivity index (χ0) is 13.8. The highest BCUT2D eigenvalue weighted by molar-refractivity contribution is 6.31. The van der Waals surface area contributed by atoms with Crippen molar-refractivity contribution in [1.82, 2.24) is 0 Å². The molecule has 0 saturated heterocycles. The Hall–Kier alpha value is -2.14. The second-order valence-corrected chi connectivity index (χ2v) is 4.24. The maximum atomic E-state index is 13.4. The molecule has 0 amide bonds. The van der Waals surface area contributed by atoms with Gasteiger partial charge in [-0.1, -0.05) is 29.8 Å². The molecule has 0 bridgehead atoms. The maximum absolute atomic E-state index is 13.4. The molecule has 0 fully saturated rings. The number of nitrogens with zero attached hydrogens (tertiary/aromatic N) is 1. The fraction of sp³-hybridized carbons (Fsp3) is 0.0769. The predicted molar refractivity (Wildman–Crippen MR) is 71.8 cm³/mol. The van der Waals surface area contributed by atoms with Crippen molar-refractivity contribution in [2.45, 2.75) is 6.54 Å². The monoisotopic (exact) mass is 280 g/mol. The lowest BCUT2D eigenvalue weighted by Crippen LogP contribution is -2.05. The van der Waals surface area contributed by atoms with E-state index in [1.165, 1.54) is 18.2 Å². The molecule has 0 heterocycles. The Kier molecular flexibility index (Phi) is 3.97. The Morgan fingerprint density at radius 3 is 2.63 bits per heavy atom. The average Bonchev–Trinajstić information content (AvgIpc) is 2.38. The molecule has 2 aromatic carbocycles. The Bertz CT molecular complexity index is 619. The Balaban J connectivity index is 2.25. The Morgan fingerprint density at radius 2 is 1.95 bits per heavy atom. The number of hydrogen-bond acceptors (Lipinski definition) is 3. The van der Waals surface area contributed by atoms with Crippen molar-refractivity contribution >= 4 is 23.0 Å². The van der Waals surface area contributed by atoms with Gasteiger partial charge < -0.3 is 5.32 Å². The van der Waals surface area contributed by atoms with Crippen molar-refractivity contribution in [3.63, 3.8) is 0 Å². The van der Waals surface area contributed by atoms with Crippen LogP contribution in [0.15, 0.2) is 42.5 Å². The quantitative estimate of drug-likeness (QED) is 0.680. The van der Waals surface area contributed by atoms with Gasteiger partial charge in [0.1, 0.15) is 5.82 Å². The molecule has 0 radical (unpaired) electrons. The van der Waals surface area contributed by atoms with E-state index in [0.717, 1.165) is 0 Å². The molecule has 0 aliphatic heterocycles. The SMILES string of the molecule is O=[N+]([O-])c1cccc(Cl)c1CNc1ccccc1F. The van der Waals surface area contributed by atoms with E-state index in [1.54, 1.807) is 24.3 Å². The second-order valence-electron chi connectivity index (χ2n) is 3.83. The molecule has 0 atom stereocenters. The number of rotatable bonds is 4. The number of nitro groups is 1. The summed E-state index contributed by atoms with van der Waals surface area (Å²) in [5.74, 6) is -0.419. The van der Waals surface area contributed by atoms with Crippen molar-refractivity contribution in [3.8, 4) is 0 Å². The van der Waals surface area contributed by atoms with E-state index < -0.39 is 10.7 Å². The van der Waals surface area contributed by atoms with E-state index in [1.807, 2.05) is 0 Å². The Morgan fingerprint density at radius 1 is 1.21 bits per heavy atom. The van der Waals surface area contributed by atoms with Crippen LogP contribution in [0.3, 0.4) is 0 Å². The lowest BCUT2D eigenvalue weighted by atomic mass is 10.1. The first-order valence-electron chi connectivity index (χ1n) is 5.50. The lowest BCUT2D eigenvalue weighted by molar-refractivity contribution is -0.385. The van der Waals surface area contributed by atoms with Crippen LogP contribution in [-0.2, 0) is 6.54 Å². The Labute approximate surface area is 114 Å². The first-order chi connectivity index (χ1) is 9.09. The highest BCUT2D eigenvalue weighted by atomic mass is 35.5. The summed E-state index contributed by atoms with van der Waals surface area (Å²) in [6.45, 7) is 0.0803. The molecule has 0 spiro atoms. The third-order valence-electron chi connectivity index (χ3n) is 2.62. The molecular weight excluding hydrogens is 271 g/mol. The van der Waals surface area contributed by atoms with Gasteiger partial charge in [0.15, 0.2) is 0 Å².